The van der Waals surface area contributed by atoms with E-state index >= 15 is 0 Å². The first-order chi connectivity index (χ1) is 5.12. The molecule has 1 heteroatoms. The van der Waals surface area contributed by atoms with Crippen LogP contribution >= 0.6 is 0 Å². The molecule has 0 aromatic heterocycles. The third-order valence-electron chi connectivity index (χ3n) is 2.35. The summed E-state index contributed by atoms with van der Waals surface area (Å²) in [6, 6.07) is 0. The zero-order valence-corrected chi connectivity index (χ0v) is 7.51. The molecular weight excluding hydrogens is 136 g/mol. The summed E-state index contributed by atoms with van der Waals surface area (Å²) in [6.07, 6.45) is 7.98. The average Bonchev–Trinajstić information content (AvgIpc) is 2.33. The fraction of sp³-hybridized carbons (Fsp3) is 0.800. The summed E-state index contributed by atoms with van der Waals surface area (Å²) >= 11 is 0. The molecule has 1 N–H and O–H groups in total. The first kappa shape index (κ1) is 8.79. The van der Waals surface area contributed by atoms with Crippen LogP contribution in [0.25, 0.3) is 0 Å². The molecule has 0 radical (unpaired) electrons. The minimum atomic E-state index is -0.385. The van der Waals surface area contributed by atoms with Crippen molar-refractivity contribution in [2.24, 2.45) is 5.92 Å². The van der Waals surface area contributed by atoms with Gasteiger partial charge < -0.3 is 5.11 Å². The van der Waals surface area contributed by atoms with Crippen LogP contribution in [0.1, 0.15) is 39.5 Å². The van der Waals surface area contributed by atoms with Crippen molar-refractivity contribution < 1.29 is 5.11 Å². The lowest BCUT2D eigenvalue weighted by Crippen LogP contribution is -2.24. The average molecular weight is 154 g/mol. The highest BCUT2D eigenvalue weighted by Crippen LogP contribution is 2.29. The van der Waals surface area contributed by atoms with E-state index in [1.165, 1.54) is 0 Å². The quantitative estimate of drug-likeness (QED) is 0.619. The first-order valence-electron chi connectivity index (χ1n) is 4.50. The molecule has 11 heavy (non-hydrogen) atoms. The number of hydrogen-bond donors (Lipinski definition) is 1. The minimum Gasteiger partial charge on any atom is -0.389 e. The molecule has 0 unspecified atom stereocenters. The van der Waals surface area contributed by atoms with Gasteiger partial charge in [0, 0.05) is 0 Å². The van der Waals surface area contributed by atoms with Gasteiger partial charge in [0.15, 0.2) is 0 Å². The molecule has 64 valence electrons. The van der Waals surface area contributed by atoms with E-state index in [4.69, 9.17) is 0 Å². The Kier molecular flexibility index (Phi) is 2.72. The Morgan fingerprint density at radius 3 is 2.36 bits per heavy atom. The van der Waals surface area contributed by atoms with Gasteiger partial charge in [0.1, 0.15) is 0 Å². The molecule has 0 atom stereocenters. The van der Waals surface area contributed by atoms with Gasteiger partial charge >= 0.3 is 0 Å². The second kappa shape index (κ2) is 3.40. The monoisotopic (exact) mass is 154 g/mol. The minimum absolute atomic E-state index is 0.385. The van der Waals surface area contributed by atoms with Crippen molar-refractivity contribution in [3.8, 4) is 0 Å². The normalized spacial score (nSPS) is 21.5. The molecular formula is C10H18O. The van der Waals surface area contributed by atoms with Crippen molar-refractivity contribution >= 4 is 0 Å². The fourth-order valence-electron chi connectivity index (χ4n) is 1.45. The van der Waals surface area contributed by atoms with Gasteiger partial charge in [0.2, 0.25) is 0 Å². The summed E-state index contributed by atoms with van der Waals surface area (Å²) in [5, 5.41) is 9.88. The predicted molar refractivity (Wildman–Crippen MR) is 47.4 cm³/mol. The van der Waals surface area contributed by atoms with Crippen molar-refractivity contribution in [2.75, 3.05) is 0 Å². The second-order valence-electron chi connectivity index (χ2n) is 4.04. The van der Waals surface area contributed by atoms with Crippen LogP contribution in [0.2, 0.25) is 0 Å². The van der Waals surface area contributed by atoms with Gasteiger partial charge in [-0.3, -0.25) is 0 Å². The Morgan fingerprint density at radius 2 is 1.91 bits per heavy atom. The molecule has 0 spiro atoms. The third kappa shape index (κ3) is 2.66. The van der Waals surface area contributed by atoms with Crippen LogP contribution < -0.4 is 0 Å². The summed E-state index contributed by atoms with van der Waals surface area (Å²) in [4.78, 5) is 0. The van der Waals surface area contributed by atoms with E-state index < -0.39 is 0 Å². The molecule has 1 rings (SSSR count). The maximum Gasteiger partial charge on any atom is 0.0716 e. The lowest BCUT2D eigenvalue weighted by molar-refractivity contribution is 0.0395. The summed E-state index contributed by atoms with van der Waals surface area (Å²) in [5.74, 6) is 0.708. The van der Waals surface area contributed by atoms with Crippen molar-refractivity contribution in [3.05, 3.63) is 12.2 Å². The smallest absolute Gasteiger partial charge is 0.0716 e. The second-order valence-corrected chi connectivity index (χ2v) is 4.04. The largest absolute Gasteiger partial charge is 0.389 e. The van der Waals surface area contributed by atoms with Crippen molar-refractivity contribution in [1.82, 2.24) is 0 Å². The van der Waals surface area contributed by atoms with E-state index in [0.717, 1.165) is 25.7 Å². The highest BCUT2D eigenvalue weighted by Gasteiger charge is 2.26. The molecule has 0 saturated carbocycles. The molecule has 1 aliphatic carbocycles. The van der Waals surface area contributed by atoms with E-state index in [2.05, 4.69) is 26.0 Å². The van der Waals surface area contributed by atoms with Gasteiger partial charge in [-0.15, -0.1) is 0 Å². The standard InChI is InChI=1S/C10H18O/c1-9(2)5-8-10(11)6-3-4-7-10/h3-4,9,11H,5-8H2,1-2H3. The van der Waals surface area contributed by atoms with E-state index in [9.17, 15) is 5.11 Å². The van der Waals surface area contributed by atoms with Crippen LogP contribution in [0.5, 0.6) is 0 Å². The Bertz CT molecular complexity index is 139. The molecule has 0 aliphatic heterocycles. The highest BCUT2D eigenvalue weighted by molar-refractivity contribution is 5.03. The van der Waals surface area contributed by atoms with Crippen LogP contribution in [0.3, 0.4) is 0 Å². The molecule has 1 aliphatic rings. The SMILES string of the molecule is CC(C)CCC1(O)CC=CC1. The maximum atomic E-state index is 9.88. The van der Waals surface area contributed by atoms with Crippen molar-refractivity contribution in [2.45, 2.75) is 45.1 Å². The number of rotatable bonds is 3. The van der Waals surface area contributed by atoms with Gasteiger partial charge in [-0.1, -0.05) is 26.0 Å². The summed E-state index contributed by atoms with van der Waals surface area (Å²) < 4.78 is 0. The first-order valence-corrected chi connectivity index (χ1v) is 4.50. The molecule has 0 saturated heterocycles. The predicted octanol–water partition coefficient (Wildman–Crippen LogP) is 2.50. The van der Waals surface area contributed by atoms with Crippen LogP contribution in [0.15, 0.2) is 12.2 Å². The Hall–Kier alpha value is -0.300. The van der Waals surface area contributed by atoms with Crippen molar-refractivity contribution in [3.63, 3.8) is 0 Å². The molecule has 0 aromatic rings. The third-order valence-corrected chi connectivity index (χ3v) is 2.35. The van der Waals surface area contributed by atoms with E-state index in [1.807, 2.05) is 0 Å². The van der Waals surface area contributed by atoms with E-state index in [-0.39, 0.29) is 5.60 Å². The number of hydrogen-bond acceptors (Lipinski definition) is 1. The van der Waals surface area contributed by atoms with Crippen molar-refractivity contribution in [1.29, 1.82) is 0 Å². The molecule has 0 aromatic carbocycles. The summed E-state index contributed by atoms with van der Waals surface area (Å²) in [5.41, 5.74) is -0.385. The van der Waals surface area contributed by atoms with Gasteiger partial charge in [0.05, 0.1) is 5.60 Å². The summed E-state index contributed by atoms with van der Waals surface area (Å²) in [6.45, 7) is 4.40. The van der Waals surface area contributed by atoms with Crippen LogP contribution in [0.4, 0.5) is 0 Å². The highest BCUT2D eigenvalue weighted by atomic mass is 16.3. The maximum absolute atomic E-state index is 9.88. The lowest BCUT2D eigenvalue weighted by atomic mass is 9.92. The Balaban J connectivity index is 2.25. The Morgan fingerprint density at radius 1 is 1.36 bits per heavy atom. The molecule has 0 bridgehead atoms. The Labute approximate surface area is 69.1 Å². The van der Waals surface area contributed by atoms with Gasteiger partial charge in [0.25, 0.3) is 0 Å². The van der Waals surface area contributed by atoms with Gasteiger partial charge in [-0.05, 0) is 31.6 Å². The lowest BCUT2D eigenvalue weighted by Gasteiger charge is -2.22. The van der Waals surface area contributed by atoms with Gasteiger partial charge in [-0.2, -0.15) is 0 Å². The van der Waals surface area contributed by atoms with E-state index in [0.29, 0.717) is 5.92 Å². The molecule has 0 amide bonds. The molecule has 0 fully saturated rings. The van der Waals surface area contributed by atoms with Gasteiger partial charge in [-0.25, -0.2) is 0 Å². The number of aliphatic hydroxyl groups is 1. The zero-order chi connectivity index (χ0) is 8.32. The van der Waals surface area contributed by atoms with E-state index in [1.54, 1.807) is 0 Å². The summed E-state index contributed by atoms with van der Waals surface area (Å²) in [7, 11) is 0. The topological polar surface area (TPSA) is 20.2 Å². The van der Waals surface area contributed by atoms with Crippen LogP contribution in [0, 0.1) is 5.92 Å². The van der Waals surface area contributed by atoms with Crippen LogP contribution in [-0.2, 0) is 0 Å². The zero-order valence-electron chi connectivity index (χ0n) is 7.51. The molecule has 1 nitrogen and oxygen atoms in total. The van der Waals surface area contributed by atoms with Crippen LogP contribution in [-0.4, -0.2) is 10.7 Å². The fourth-order valence-corrected chi connectivity index (χ4v) is 1.45. The molecule has 0 heterocycles.